The van der Waals surface area contributed by atoms with Crippen molar-refractivity contribution in [3.05, 3.63) is 0 Å². The van der Waals surface area contributed by atoms with E-state index in [0.29, 0.717) is 75.1 Å². The van der Waals surface area contributed by atoms with Crippen LogP contribution in [0.1, 0.15) is 160 Å². The number of hydrogen-bond acceptors (Lipinski definition) is 8. The van der Waals surface area contributed by atoms with Gasteiger partial charge in [0.1, 0.15) is 0 Å². The molecule has 0 aliphatic carbocycles. The van der Waals surface area contributed by atoms with Gasteiger partial charge in [-0.3, -0.25) is 0 Å². The Morgan fingerprint density at radius 3 is 0.478 bits per heavy atom. The van der Waals surface area contributed by atoms with E-state index in [9.17, 15) is 9.59 Å². The van der Waals surface area contributed by atoms with Crippen LogP contribution >= 0.6 is 0 Å². The van der Waals surface area contributed by atoms with Crippen LogP contribution in [0.3, 0.4) is 0 Å². The van der Waals surface area contributed by atoms with E-state index in [1.54, 1.807) is 0 Å². The molecule has 0 atom stereocenters. The molecule has 0 N–H and O–H groups in total. The van der Waals surface area contributed by atoms with Crippen LogP contribution in [0.2, 0.25) is 0 Å². The molecule has 0 saturated heterocycles. The van der Waals surface area contributed by atoms with Crippen LogP contribution in [0.5, 0.6) is 0 Å². The summed E-state index contributed by atoms with van der Waals surface area (Å²) in [5.74, 6) is 2.44. The van der Waals surface area contributed by atoms with Gasteiger partial charge in [0.25, 0.3) is 0 Å². The highest BCUT2D eigenvalue weighted by atomic mass is 28.4. The van der Waals surface area contributed by atoms with Crippen LogP contribution in [-0.4, -0.2) is 57.7 Å². The molecule has 0 aliphatic heterocycles. The lowest BCUT2D eigenvalue weighted by atomic mass is 10.1. The van der Waals surface area contributed by atoms with E-state index >= 15 is 0 Å². The minimum absolute atomic E-state index is 0.407. The van der Waals surface area contributed by atoms with E-state index in [1.165, 1.54) is 0 Å². The van der Waals surface area contributed by atoms with E-state index in [1.807, 2.05) is 0 Å². The molecule has 0 bridgehead atoms. The molecule has 280 valence electrons. The van der Waals surface area contributed by atoms with Crippen molar-refractivity contribution in [1.29, 1.82) is 0 Å². The van der Waals surface area contributed by atoms with Gasteiger partial charge in [0, 0.05) is 39.6 Å². The van der Waals surface area contributed by atoms with E-state index in [-0.39, 0.29) is 0 Å². The van der Waals surface area contributed by atoms with Gasteiger partial charge < -0.3 is 36.1 Å². The Kier molecular flexibility index (Phi) is 31.4. The molecule has 0 unspecified atom stereocenters. The number of hydrogen-bond donors (Lipinski definition) is 0. The number of rotatable bonds is 30. The van der Waals surface area contributed by atoms with Crippen LogP contribution in [0, 0.1) is 35.5 Å². The Balaban J connectivity index is 0. The van der Waals surface area contributed by atoms with E-state index in [4.69, 9.17) is 26.6 Å². The van der Waals surface area contributed by atoms with E-state index in [0.717, 1.165) is 77.0 Å². The molecule has 0 fully saturated rings. The van der Waals surface area contributed by atoms with Gasteiger partial charge in [0.2, 0.25) is 0 Å². The third kappa shape index (κ3) is 22.7. The largest absolute Gasteiger partial charge is 0.793 e. The predicted octanol–water partition coefficient (Wildman–Crippen LogP) is 8.28. The first-order chi connectivity index (χ1) is 22.0. The second-order valence-electron chi connectivity index (χ2n) is 13.0. The Labute approximate surface area is 289 Å². The summed E-state index contributed by atoms with van der Waals surface area (Å²) in [7, 11) is -7.57. The molecule has 0 amide bonds. The first-order valence-corrected chi connectivity index (χ1v) is 22.5. The normalized spacial score (nSPS) is 12.8. The monoisotopic (exact) mass is 695 g/mol. The molecule has 0 aromatic carbocycles. The molecule has 0 radical (unpaired) electrons. The molecule has 0 saturated carbocycles. The summed E-state index contributed by atoms with van der Waals surface area (Å²) in [6.07, 6.45) is 12.2. The third-order valence-electron chi connectivity index (χ3n) is 9.90. The van der Waals surface area contributed by atoms with Crippen LogP contribution in [-0.2, 0) is 26.6 Å². The highest BCUT2D eigenvalue weighted by molar-refractivity contribution is 6.50. The van der Waals surface area contributed by atoms with Crippen LogP contribution in [0.25, 0.3) is 0 Å². The minimum atomic E-state index is -3.79. The van der Waals surface area contributed by atoms with Gasteiger partial charge in [-0.05, 0) is 35.5 Å². The molecule has 0 heterocycles. The first-order valence-electron chi connectivity index (χ1n) is 19.2. The van der Waals surface area contributed by atoms with E-state index in [2.05, 4.69) is 83.1 Å². The third-order valence-corrected chi connectivity index (χ3v) is 13.0. The summed E-state index contributed by atoms with van der Waals surface area (Å²) in [6.45, 7) is 28.2. The Bertz CT molecular complexity index is 500. The lowest BCUT2D eigenvalue weighted by molar-refractivity contribution is -0.321. The standard InChI is InChI=1S/2C18H39O4Si/c2*1-7-16(8-2)13-20-23(19,21-14-17(9-3)10-4)22-15-18(11-5)12-6/h2*16-18H,7-15H2,1-6H3/q2*-1. The fourth-order valence-electron chi connectivity index (χ4n) is 4.72. The summed E-state index contributed by atoms with van der Waals surface area (Å²) in [4.78, 5) is 26.0. The topological polar surface area (TPSA) is 102 Å². The van der Waals surface area contributed by atoms with Gasteiger partial charge in [-0.1, -0.05) is 160 Å². The van der Waals surface area contributed by atoms with Crippen molar-refractivity contribution >= 4 is 18.1 Å². The zero-order chi connectivity index (χ0) is 35.4. The average molecular weight is 695 g/mol. The quantitative estimate of drug-likeness (QED) is 0.0693. The maximum absolute atomic E-state index is 13.0. The molecule has 0 spiro atoms. The second kappa shape index (κ2) is 30.0. The van der Waals surface area contributed by atoms with Gasteiger partial charge in [-0.2, -0.15) is 0 Å². The lowest BCUT2D eigenvalue weighted by Gasteiger charge is -2.38. The summed E-state index contributed by atoms with van der Waals surface area (Å²) >= 11 is 0. The van der Waals surface area contributed by atoms with Gasteiger partial charge >= 0.3 is 18.1 Å². The molecule has 0 aromatic heterocycles. The highest BCUT2D eigenvalue weighted by Crippen LogP contribution is 2.19. The van der Waals surface area contributed by atoms with Crippen molar-refractivity contribution in [1.82, 2.24) is 0 Å². The maximum Gasteiger partial charge on any atom is 0.412 e. The van der Waals surface area contributed by atoms with Crippen molar-refractivity contribution in [3.8, 4) is 0 Å². The SMILES string of the molecule is CCC(CC)CO[Si]([O-])(OCC(CC)CC)OCC(CC)CC.CCC(CC)CO[Si]([O-])(OCC(CC)CC)OCC(CC)CC. The molecule has 0 aliphatic rings. The molecule has 8 nitrogen and oxygen atoms in total. The molecule has 0 aromatic rings. The predicted molar refractivity (Wildman–Crippen MR) is 192 cm³/mol. The van der Waals surface area contributed by atoms with Gasteiger partial charge in [-0.25, -0.2) is 0 Å². The van der Waals surface area contributed by atoms with Crippen LogP contribution < -0.4 is 9.59 Å². The Hall–Kier alpha value is 0.114. The van der Waals surface area contributed by atoms with Gasteiger partial charge in [0.05, 0.1) is 0 Å². The summed E-state index contributed by atoms with van der Waals surface area (Å²) in [5, 5.41) is 0. The second-order valence-corrected chi connectivity index (χ2v) is 16.7. The van der Waals surface area contributed by atoms with Crippen molar-refractivity contribution in [2.45, 2.75) is 160 Å². The fraction of sp³-hybridized carbons (Fsp3) is 1.00. The summed E-state index contributed by atoms with van der Waals surface area (Å²) < 4.78 is 34.1. The minimum Gasteiger partial charge on any atom is -0.793 e. The smallest absolute Gasteiger partial charge is 0.412 e. The van der Waals surface area contributed by atoms with Gasteiger partial charge in [0.15, 0.2) is 0 Å². The van der Waals surface area contributed by atoms with Crippen LogP contribution in [0.15, 0.2) is 0 Å². The maximum atomic E-state index is 13.0. The molecule has 0 rings (SSSR count). The highest BCUT2D eigenvalue weighted by Gasteiger charge is 2.30. The summed E-state index contributed by atoms with van der Waals surface area (Å²) in [5.41, 5.74) is 0. The molecular weight excluding hydrogens is 617 g/mol. The Morgan fingerprint density at radius 2 is 0.391 bits per heavy atom. The molecule has 46 heavy (non-hydrogen) atoms. The molecule has 10 heteroatoms. The van der Waals surface area contributed by atoms with Crippen LogP contribution in [0.4, 0.5) is 0 Å². The lowest BCUT2D eigenvalue weighted by Crippen LogP contribution is -2.60. The summed E-state index contributed by atoms with van der Waals surface area (Å²) in [6, 6.07) is 0. The molecular formula is C36H78O8Si2-2. The first kappa shape index (κ1) is 48.2. The van der Waals surface area contributed by atoms with Gasteiger partial charge in [-0.15, -0.1) is 0 Å². The zero-order valence-electron chi connectivity index (χ0n) is 32.5. The average Bonchev–Trinajstić information content (AvgIpc) is 3.08. The fourth-order valence-corrected chi connectivity index (χ4v) is 7.85. The van der Waals surface area contributed by atoms with Crippen molar-refractivity contribution in [2.24, 2.45) is 35.5 Å². The Morgan fingerprint density at radius 1 is 0.283 bits per heavy atom. The van der Waals surface area contributed by atoms with Crippen molar-refractivity contribution in [2.75, 3.05) is 39.6 Å². The van der Waals surface area contributed by atoms with Crippen molar-refractivity contribution < 1.29 is 36.1 Å². The van der Waals surface area contributed by atoms with Crippen molar-refractivity contribution in [3.63, 3.8) is 0 Å². The zero-order valence-corrected chi connectivity index (χ0v) is 34.5. The van der Waals surface area contributed by atoms with E-state index < -0.39 is 18.1 Å².